The molecule has 1 N–H and O–H groups in total. The van der Waals surface area contributed by atoms with Crippen LogP contribution in [0, 0.1) is 5.41 Å². The fourth-order valence-electron chi connectivity index (χ4n) is 3.71. The summed E-state index contributed by atoms with van der Waals surface area (Å²) < 4.78 is 5.65. The lowest BCUT2D eigenvalue weighted by Gasteiger charge is -2.33. The van der Waals surface area contributed by atoms with E-state index in [-0.39, 0.29) is 11.9 Å². The van der Waals surface area contributed by atoms with Crippen LogP contribution in [0.25, 0.3) is 0 Å². The number of hydrogen-bond donors (Lipinski definition) is 1. The predicted molar refractivity (Wildman–Crippen MR) is 98.7 cm³/mol. The highest BCUT2D eigenvalue weighted by Crippen LogP contribution is 2.53. The van der Waals surface area contributed by atoms with Gasteiger partial charge in [-0.1, -0.05) is 35.4 Å². The van der Waals surface area contributed by atoms with Gasteiger partial charge in [0, 0.05) is 19.5 Å². The Labute approximate surface area is 154 Å². The van der Waals surface area contributed by atoms with Crippen LogP contribution in [0.4, 0.5) is 6.01 Å². The quantitative estimate of drug-likeness (QED) is 0.863. The van der Waals surface area contributed by atoms with Gasteiger partial charge in [-0.2, -0.15) is 0 Å². The number of carbonyl (C=O) groups is 1. The van der Waals surface area contributed by atoms with E-state index >= 15 is 0 Å². The van der Waals surface area contributed by atoms with Gasteiger partial charge in [-0.05, 0) is 50.0 Å². The number of hydrogen-bond acceptors (Lipinski definition) is 5. The smallest absolute Gasteiger partial charge is 0.316 e. The third-order valence-corrected chi connectivity index (χ3v) is 5.74. The van der Waals surface area contributed by atoms with Gasteiger partial charge in [-0.15, -0.1) is 5.10 Å². The zero-order valence-corrected chi connectivity index (χ0v) is 15.3. The van der Waals surface area contributed by atoms with Gasteiger partial charge in [0.05, 0.1) is 0 Å². The fraction of sp³-hybridized carbons (Fsp3) is 0.550. The molecule has 2 aromatic rings. The minimum atomic E-state index is -0.356. The first-order valence-corrected chi connectivity index (χ1v) is 9.55. The van der Waals surface area contributed by atoms with E-state index in [1.165, 1.54) is 18.4 Å². The second-order valence-corrected chi connectivity index (χ2v) is 7.68. The fourth-order valence-corrected chi connectivity index (χ4v) is 3.71. The van der Waals surface area contributed by atoms with Crippen molar-refractivity contribution in [2.24, 2.45) is 5.41 Å². The predicted octanol–water partition coefficient (Wildman–Crippen LogP) is 3.06. The second kappa shape index (κ2) is 7.09. The van der Waals surface area contributed by atoms with Gasteiger partial charge in [-0.3, -0.25) is 4.79 Å². The van der Waals surface area contributed by atoms with Gasteiger partial charge in [-0.25, -0.2) is 0 Å². The number of aromatic nitrogens is 2. The number of likely N-dealkylation sites (tertiary alicyclic amines) is 1. The Balaban J connectivity index is 1.27. The molecule has 1 saturated heterocycles. The molecule has 1 aliphatic carbocycles. The molecule has 6 heteroatoms. The van der Waals surface area contributed by atoms with Crippen molar-refractivity contribution in [2.45, 2.75) is 51.5 Å². The number of nitrogens with one attached hydrogen (secondary N) is 1. The highest BCUT2D eigenvalue weighted by atomic mass is 16.4. The molecule has 4 rings (SSSR count). The van der Waals surface area contributed by atoms with Crippen molar-refractivity contribution in [3.63, 3.8) is 0 Å². The molecule has 2 fully saturated rings. The van der Waals surface area contributed by atoms with Gasteiger partial charge in [0.1, 0.15) is 6.04 Å². The first-order valence-electron chi connectivity index (χ1n) is 9.55. The molecule has 2 heterocycles. The summed E-state index contributed by atoms with van der Waals surface area (Å²) in [6, 6.07) is 10.2. The molecule has 0 radical (unpaired) electrons. The third-order valence-electron chi connectivity index (χ3n) is 5.74. The third kappa shape index (κ3) is 3.89. The topological polar surface area (TPSA) is 71.3 Å². The lowest BCUT2D eigenvalue weighted by atomic mass is 9.93. The van der Waals surface area contributed by atoms with Crippen LogP contribution in [0.5, 0.6) is 0 Å². The maximum absolute atomic E-state index is 12.6. The molecule has 138 valence electrons. The Morgan fingerprint density at radius 3 is 2.58 bits per heavy atom. The molecule has 0 bridgehead atoms. The Kier molecular flexibility index (Phi) is 4.66. The zero-order valence-electron chi connectivity index (χ0n) is 15.3. The van der Waals surface area contributed by atoms with Crippen molar-refractivity contribution < 1.29 is 9.21 Å². The number of piperidine rings is 1. The Bertz CT molecular complexity index is 744. The van der Waals surface area contributed by atoms with Gasteiger partial charge < -0.3 is 14.6 Å². The monoisotopic (exact) mass is 354 g/mol. The van der Waals surface area contributed by atoms with Crippen molar-refractivity contribution in [2.75, 3.05) is 18.4 Å². The van der Waals surface area contributed by atoms with Crippen LogP contribution < -0.4 is 5.32 Å². The SMILES string of the molecule is C[C@@H](Nc1nnc(CCc2ccccc2)o1)C(=O)N1CCC2(CC1)CC2. The average Bonchev–Trinajstić information content (AvgIpc) is 3.27. The maximum atomic E-state index is 12.6. The van der Waals surface area contributed by atoms with Crippen molar-refractivity contribution in [3.05, 3.63) is 41.8 Å². The first-order chi connectivity index (χ1) is 12.6. The number of anilines is 1. The molecule has 1 saturated carbocycles. The molecule has 6 nitrogen and oxygen atoms in total. The second-order valence-electron chi connectivity index (χ2n) is 7.68. The molecule has 1 aliphatic heterocycles. The Morgan fingerprint density at radius 1 is 1.15 bits per heavy atom. The highest BCUT2D eigenvalue weighted by molar-refractivity contribution is 5.83. The molecule has 2 aliphatic rings. The molecule has 0 unspecified atom stereocenters. The lowest BCUT2D eigenvalue weighted by Crippen LogP contribution is -2.45. The summed E-state index contributed by atoms with van der Waals surface area (Å²) in [6.45, 7) is 3.60. The summed E-state index contributed by atoms with van der Waals surface area (Å²) in [4.78, 5) is 14.6. The van der Waals surface area contributed by atoms with Crippen LogP contribution in [0.2, 0.25) is 0 Å². The van der Waals surface area contributed by atoms with E-state index in [1.54, 1.807) is 0 Å². The molecule has 1 aromatic heterocycles. The normalized spacial score (nSPS) is 19.3. The van der Waals surface area contributed by atoms with Crippen LogP contribution in [0.3, 0.4) is 0 Å². The largest absolute Gasteiger partial charge is 0.408 e. The van der Waals surface area contributed by atoms with E-state index in [0.29, 0.717) is 23.7 Å². The summed E-state index contributed by atoms with van der Waals surface area (Å²) >= 11 is 0. The van der Waals surface area contributed by atoms with Crippen molar-refractivity contribution in [1.82, 2.24) is 15.1 Å². The van der Waals surface area contributed by atoms with Crippen molar-refractivity contribution in [1.29, 1.82) is 0 Å². The van der Waals surface area contributed by atoms with Crippen LogP contribution in [0.1, 0.15) is 44.1 Å². The lowest BCUT2D eigenvalue weighted by molar-refractivity contribution is -0.133. The van der Waals surface area contributed by atoms with E-state index in [4.69, 9.17) is 4.42 Å². The summed E-state index contributed by atoms with van der Waals surface area (Å²) in [5.41, 5.74) is 1.82. The van der Waals surface area contributed by atoms with E-state index in [1.807, 2.05) is 30.0 Å². The van der Waals surface area contributed by atoms with E-state index < -0.39 is 0 Å². The minimum Gasteiger partial charge on any atom is -0.408 e. The Hall–Kier alpha value is -2.37. The van der Waals surface area contributed by atoms with Gasteiger partial charge in [0.25, 0.3) is 0 Å². The molecular formula is C20H26N4O2. The molecule has 26 heavy (non-hydrogen) atoms. The standard InChI is InChI=1S/C20H26N4O2/c1-15(18(25)24-13-11-20(9-10-20)12-14-24)21-19-23-22-17(26-19)8-7-16-5-3-2-4-6-16/h2-6,15H,7-14H2,1H3,(H,21,23)/t15-/m1/s1. The summed E-state index contributed by atoms with van der Waals surface area (Å²) in [5.74, 6) is 0.703. The number of carbonyl (C=O) groups excluding carboxylic acids is 1. The molecule has 1 aromatic carbocycles. The van der Waals surface area contributed by atoms with Gasteiger partial charge >= 0.3 is 6.01 Å². The summed E-state index contributed by atoms with van der Waals surface area (Å²) in [6.07, 6.45) is 6.53. The van der Waals surface area contributed by atoms with Gasteiger partial charge in [0.15, 0.2) is 0 Å². The van der Waals surface area contributed by atoms with E-state index in [2.05, 4.69) is 27.6 Å². The van der Waals surface area contributed by atoms with Crippen molar-refractivity contribution >= 4 is 11.9 Å². The van der Waals surface area contributed by atoms with Crippen LogP contribution in [-0.2, 0) is 17.6 Å². The van der Waals surface area contributed by atoms with E-state index in [9.17, 15) is 4.79 Å². The molecule has 1 spiro atoms. The average molecular weight is 354 g/mol. The highest BCUT2D eigenvalue weighted by Gasteiger charge is 2.45. The van der Waals surface area contributed by atoms with Crippen LogP contribution >= 0.6 is 0 Å². The van der Waals surface area contributed by atoms with Crippen LogP contribution in [0.15, 0.2) is 34.7 Å². The maximum Gasteiger partial charge on any atom is 0.316 e. The summed E-state index contributed by atoms with van der Waals surface area (Å²) in [5, 5.41) is 11.2. The first kappa shape index (κ1) is 17.1. The Morgan fingerprint density at radius 2 is 1.88 bits per heavy atom. The number of aryl methyl sites for hydroxylation is 2. The summed E-state index contributed by atoms with van der Waals surface area (Å²) in [7, 11) is 0. The molecular weight excluding hydrogens is 328 g/mol. The number of nitrogens with zero attached hydrogens (tertiary/aromatic N) is 3. The molecule has 1 atom stereocenters. The van der Waals surface area contributed by atoms with E-state index in [0.717, 1.165) is 32.4 Å². The number of benzene rings is 1. The number of rotatable bonds is 6. The number of amides is 1. The zero-order chi connectivity index (χ0) is 18.0. The minimum absolute atomic E-state index is 0.115. The van der Waals surface area contributed by atoms with Gasteiger partial charge in [0.2, 0.25) is 11.8 Å². The van der Waals surface area contributed by atoms with Crippen molar-refractivity contribution in [3.8, 4) is 0 Å². The molecule has 1 amide bonds. The van der Waals surface area contributed by atoms with Crippen LogP contribution in [-0.4, -0.2) is 40.1 Å².